The van der Waals surface area contributed by atoms with Gasteiger partial charge in [-0.05, 0) is 38.3 Å². The van der Waals surface area contributed by atoms with Gasteiger partial charge in [-0.1, -0.05) is 19.3 Å². The quantitative estimate of drug-likeness (QED) is 0.890. The van der Waals surface area contributed by atoms with Crippen LogP contribution >= 0.6 is 0 Å². The highest BCUT2D eigenvalue weighted by molar-refractivity contribution is 5.01. The monoisotopic (exact) mass is 248 g/mol. The molecule has 2 fully saturated rings. The molecule has 1 saturated heterocycles. The van der Waals surface area contributed by atoms with Crippen molar-refractivity contribution in [3.8, 4) is 0 Å². The van der Waals surface area contributed by atoms with Crippen LogP contribution in [0.5, 0.6) is 0 Å². The molecular weight excluding hydrogens is 224 g/mol. The second kappa shape index (κ2) is 5.39. The molecule has 2 heterocycles. The first kappa shape index (κ1) is 12.2. The lowest BCUT2D eigenvalue weighted by Gasteiger charge is -2.18. The molecule has 4 nitrogen and oxygen atoms in total. The maximum atomic E-state index is 4.82. The Morgan fingerprint density at radius 2 is 2.06 bits per heavy atom. The fraction of sp³-hybridized carbons (Fsp3) is 0.857. The van der Waals surface area contributed by atoms with E-state index < -0.39 is 0 Å². The van der Waals surface area contributed by atoms with Crippen molar-refractivity contribution in [2.24, 2.45) is 13.0 Å². The van der Waals surface area contributed by atoms with Gasteiger partial charge >= 0.3 is 0 Å². The molecule has 1 unspecified atom stereocenters. The number of hydrogen-bond donors (Lipinski definition) is 1. The highest BCUT2D eigenvalue weighted by atomic mass is 15.3. The Bertz CT molecular complexity index is 386. The van der Waals surface area contributed by atoms with Crippen molar-refractivity contribution < 1.29 is 0 Å². The van der Waals surface area contributed by atoms with Crippen LogP contribution < -0.4 is 5.32 Å². The highest BCUT2D eigenvalue weighted by Gasteiger charge is 2.23. The van der Waals surface area contributed by atoms with E-state index in [1.165, 1.54) is 44.3 Å². The lowest BCUT2D eigenvalue weighted by molar-refractivity contribution is 0.427. The summed E-state index contributed by atoms with van der Waals surface area (Å²) >= 11 is 0. The molecule has 1 aliphatic heterocycles. The van der Waals surface area contributed by atoms with E-state index >= 15 is 0 Å². The third kappa shape index (κ3) is 2.58. The first-order chi connectivity index (χ1) is 8.83. The molecule has 4 heteroatoms. The van der Waals surface area contributed by atoms with E-state index in [1.807, 2.05) is 4.68 Å². The summed E-state index contributed by atoms with van der Waals surface area (Å²) in [5, 5.41) is 8.09. The zero-order chi connectivity index (χ0) is 12.4. The number of aryl methyl sites for hydroxylation is 1. The van der Waals surface area contributed by atoms with Gasteiger partial charge in [-0.15, -0.1) is 0 Å². The number of hydrogen-bond acceptors (Lipinski definition) is 3. The van der Waals surface area contributed by atoms with E-state index in [9.17, 15) is 0 Å². The molecule has 100 valence electrons. The molecule has 1 saturated carbocycles. The van der Waals surface area contributed by atoms with Crippen LogP contribution in [0.15, 0.2) is 0 Å². The predicted molar refractivity (Wildman–Crippen MR) is 71.5 cm³/mol. The van der Waals surface area contributed by atoms with Crippen LogP contribution in [0.4, 0.5) is 0 Å². The van der Waals surface area contributed by atoms with Crippen LogP contribution in [0.3, 0.4) is 0 Å². The van der Waals surface area contributed by atoms with Crippen LogP contribution in [0, 0.1) is 5.92 Å². The summed E-state index contributed by atoms with van der Waals surface area (Å²) < 4.78 is 2.02. The Hall–Kier alpha value is -0.900. The molecule has 0 radical (unpaired) electrons. The average Bonchev–Trinajstić information content (AvgIpc) is 3.02. The molecule has 1 atom stereocenters. The van der Waals surface area contributed by atoms with Crippen LogP contribution in [0.25, 0.3) is 0 Å². The van der Waals surface area contributed by atoms with Crippen molar-refractivity contribution in [2.45, 2.75) is 50.9 Å². The van der Waals surface area contributed by atoms with Crippen molar-refractivity contribution in [3.63, 3.8) is 0 Å². The van der Waals surface area contributed by atoms with E-state index in [-0.39, 0.29) is 0 Å². The van der Waals surface area contributed by atoms with Crippen molar-refractivity contribution >= 4 is 0 Å². The minimum Gasteiger partial charge on any atom is -0.316 e. The molecule has 1 aliphatic carbocycles. The van der Waals surface area contributed by atoms with Crippen LogP contribution in [0.2, 0.25) is 0 Å². The minimum atomic E-state index is 0.625. The third-order valence-electron chi connectivity index (χ3n) is 4.47. The van der Waals surface area contributed by atoms with Gasteiger partial charge < -0.3 is 5.32 Å². The maximum absolute atomic E-state index is 4.82. The second-order valence-electron chi connectivity index (χ2n) is 5.91. The van der Waals surface area contributed by atoms with Crippen LogP contribution in [0.1, 0.15) is 56.1 Å². The van der Waals surface area contributed by atoms with E-state index in [2.05, 4.69) is 17.5 Å². The number of nitrogens with one attached hydrogen (secondary N) is 1. The first-order valence-electron chi connectivity index (χ1n) is 7.43. The number of nitrogens with zero attached hydrogens (tertiary/aromatic N) is 3. The molecular formula is C14H24N4. The van der Waals surface area contributed by atoms with Gasteiger partial charge in [0.25, 0.3) is 0 Å². The summed E-state index contributed by atoms with van der Waals surface area (Å²) in [5.74, 6) is 3.68. The van der Waals surface area contributed by atoms with E-state index in [4.69, 9.17) is 4.98 Å². The van der Waals surface area contributed by atoms with Crippen LogP contribution in [-0.4, -0.2) is 27.9 Å². The Kier molecular flexibility index (Phi) is 3.64. The van der Waals surface area contributed by atoms with Gasteiger partial charge in [-0.2, -0.15) is 5.10 Å². The first-order valence-corrected chi connectivity index (χ1v) is 7.43. The second-order valence-corrected chi connectivity index (χ2v) is 5.91. The van der Waals surface area contributed by atoms with Gasteiger partial charge in [-0.3, -0.25) is 4.68 Å². The van der Waals surface area contributed by atoms with Gasteiger partial charge in [0.2, 0.25) is 0 Å². The minimum absolute atomic E-state index is 0.625. The van der Waals surface area contributed by atoms with E-state index in [1.54, 1.807) is 0 Å². The molecule has 0 bridgehead atoms. The lowest BCUT2D eigenvalue weighted by Crippen LogP contribution is -2.13. The standard InChI is InChI=1S/C14H24N4/c1-18-13(9-11-7-8-15-10-11)16-14(17-18)12-5-3-2-4-6-12/h11-12,15H,2-10H2,1H3. The van der Waals surface area contributed by atoms with E-state index in [0.29, 0.717) is 5.92 Å². The zero-order valence-corrected chi connectivity index (χ0v) is 11.4. The van der Waals surface area contributed by atoms with E-state index in [0.717, 1.165) is 31.3 Å². The molecule has 0 spiro atoms. The van der Waals surface area contributed by atoms with Gasteiger partial charge in [0.15, 0.2) is 5.82 Å². The SMILES string of the molecule is Cn1nc(C2CCCCC2)nc1CC1CCNC1. The summed E-state index contributed by atoms with van der Waals surface area (Å²) in [5.41, 5.74) is 0. The summed E-state index contributed by atoms with van der Waals surface area (Å²) in [6, 6.07) is 0. The summed E-state index contributed by atoms with van der Waals surface area (Å²) in [4.78, 5) is 4.82. The van der Waals surface area contributed by atoms with Crippen molar-refractivity contribution in [1.82, 2.24) is 20.1 Å². The Morgan fingerprint density at radius 1 is 1.22 bits per heavy atom. The molecule has 2 aliphatic rings. The third-order valence-corrected chi connectivity index (χ3v) is 4.47. The molecule has 18 heavy (non-hydrogen) atoms. The normalized spacial score (nSPS) is 25.7. The molecule has 1 aromatic heterocycles. The molecule has 1 N–H and O–H groups in total. The molecule has 3 rings (SSSR count). The zero-order valence-electron chi connectivity index (χ0n) is 11.4. The number of rotatable bonds is 3. The van der Waals surface area contributed by atoms with Crippen molar-refractivity contribution in [1.29, 1.82) is 0 Å². The largest absolute Gasteiger partial charge is 0.316 e. The lowest BCUT2D eigenvalue weighted by atomic mass is 9.89. The maximum Gasteiger partial charge on any atom is 0.154 e. The Morgan fingerprint density at radius 3 is 2.78 bits per heavy atom. The van der Waals surface area contributed by atoms with Gasteiger partial charge in [0.05, 0.1) is 0 Å². The fourth-order valence-electron chi connectivity index (χ4n) is 3.30. The van der Waals surface area contributed by atoms with Gasteiger partial charge in [0.1, 0.15) is 5.82 Å². The smallest absolute Gasteiger partial charge is 0.154 e. The number of aromatic nitrogens is 3. The van der Waals surface area contributed by atoms with Gasteiger partial charge in [0, 0.05) is 19.4 Å². The predicted octanol–water partition coefficient (Wildman–Crippen LogP) is 2.01. The topological polar surface area (TPSA) is 42.7 Å². The summed E-state index contributed by atoms with van der Waals surface area (Å²) in [7, 11) is 2.05. The Balaban J connectivity index is 1.68. The van der Waals surface area contributed by atoms with Crippen molar-refractivity contribution in [3.05, 3.63) is 11.6 Å². The molecule has 0 amide bonds. The van der Waals surface area contributed by atoms with Crippen LogP contribution in [-0.2, 0) is 13.5 Å². The highest BCUT2D eigenvalue weighted by Crippen LogP contribution is 2.31. The summed E-state index contributed by atoms with van der Waals surface area (Å²) in [6.07, 6.45) is 9.04. The molecule has 1 aromatic rings. The van der Waals surface area contributed by atoms with Crippen molar-refractivity contribution in [2.75, 3.05) is 13.1 Å². The summed E-state index contributed by atoms with van der Waals surface area (Å²) in [6.45, 7) is 2.31. The van der Waals surface area contributed by atoms with Gasteiger partial charge in [-0.25, -0.2) is 4.98 Å². The molecule has 0 aromatic carbocycles. The fourth-order valence-corrected chi connectivity index (χ4v) is 3.30. The Labute approximate surface area is 109 Å². The average molecular weight is 248 g/mol.